The zero-order valence-corrected chi connectivity index (χ0v) is 10.7. The molecule has 4 heteroatoms. The maximum Gasteiger partial charge on any atom is 0.135 e. The molecule has 0 saturated heterocycles. The molecule has 92 valence electrons. The first-order valence-electron chi connectivity index (χ1n) is 5.46. The molecule has 0 bridgehead atoms. The fraction of sp³-hybridized carbons (Fsp3) is 0.0714. The van der Waals surface area contributed by atoms with Gasteiger partial charge in [-0.25, -0.2) is 4.39 Å². The molecule has 0 unspecified atom stereocenters. The van der Waals surface area contributed by atoms with Crippen LogP contribution < -0.4 is 5.73 Å². The molecule has 0 heterocycles. The lowest BCUT2D eigenvalue weighted by atomic mass is 10.2. The molecule has 0 aliphatic rings. The number of halogens is 1. The van der Waals surface area contributed by atoms with Crippen molar-refractivity contribution in [2.45, 2.75) is 16.7 Å². The van der Waals surface area contributed by atoms with Crippen LogP contribution in [0.2, 0.25) is 0 Å². The van der Waals surface area contributed by atoms with Crippen molar-refractivity contribution < 1.29 is 4.39 Å². The molecule has 2 aromatic carbocycles. The van der Waals surface area contributed by atoms with Crippen molar-refractivity contribution in [2.24, 2.45) is 5.73 Å². The highest BCUT2D eigenvalue weighted by molar-refractivity contribution is 7.99. The Kier molecular flexibility index (Phi) is 3.67. The Hall–Kier alpha value is -1.81. The summed E-state index contributed by atoms with van der Waals surface area (Å²) in [5.74, 6) is -0.703. The average molecular weight is 260 g/mol. The van der Waals surface area contributed by atoms with Crippen LogP contribution in [0.1, 0.15) is 11.1 Å². The van der Waals surface area contributed by atoms with Crippen LogP contribution in [0, 0.1) is 18.2 Å². The van der Waals surface area contributed by atoms with E-state index in [0.717, 1.165) is 10.5 Å². The SMILES string of the molecule is Cc1ccccc1Sc1cccc(F)c1C(=N)N. The first-order valence-corrected chi connectivity index (χ1v) is 6.27. The van der Waals surface area contributed by atoms with Gasteiger partial charge in [-0.1, -0.05) is 36.0 Å². The Balaban J connectivity index is 2.44. The minimum Gasteiger partial charge on any atom is -0.384 e. The largest absolute Gasteiger partial charge is 0.384 e. The monoisotopic (exact) mass is 260 g/mol. The normalized spacial score (nSPS) is 10.3. The van der Waals surface area contributed by atoms with Crippen molar-refractivity contribution in [2.75, 3.05) is 0 Å². The molecule has 3 N–H and O–H groups in total. The van der Waals surface area contributed by atoms with Crippen LogP contribution in [-0.2, 0) is 0 Å². The second kappa shape index (κ2) is 5.23. The van der Waals surface area contributed by atoms with Crippen molar-refractivity contribution in [1.29, 1.82) is 5.41 Å². The molecule has 18 heavy (non-hydrogen) atoms. The summed E-state index contributed by atoms with van der Waals surface area (Å²) < 4.78 is 13.7. The average Bonchev–Trinajstić information content (AvgIpc) is 2.31. The van der Waals surface area contributed by atoms with E-state index in [1.54, 1.807) is 12.1 Å². The van der Waals surface area contributed by atoms with Crippen LogP contribution >= 0.6 is 11.8 Å². The molecular formula is C14H13FN2S. The fourth-order valence-electron chi connectivity index (χ4n) is 1.64. The number of benzene rings is 2. The van der Waals surface area contributed by atoms with Crippen molar-refractivity contribution in [3.63, 3.8) is 0 Å². The lowest BCUT2D eigenvalue weighted by Gasteiger charge is -2.10. The van der Waals surface area contributed by atoms with E-state index in [1.165, 1.54) is 17.8 Å². The van der Waals surface area contributed by atoms with E-state index in [1.807, 2.05) is 31.2 Å². The molecule has 0 amide bonds. The van der Waals surface area contributed by atoms with Crippen LogP contribution in [0.15, 0.2) is 52.3 Å². The maximum atomic E-state index is 13.7. The maximum absolute atomic E-state index is 13.7. The third-order valence-electron chi connectivity index (χ3n) is 2.56. The summed E-state index contributed by atoms with van der Waals surface area (Å²) in [7, 11) is 0. The molecule has 0 saturated carbocycles. The molecule has 0 aromatic heterocycles. The second-order valence-corrected chi connectivity index (χ2v) is 4.98. The van der Waals surface area contributed by atoms with Crippen LogP contribution in [0.5, 0.6) is 0 Å². The lowest BCUT2D eigenvalue weighted by molar-refractivity contribution is 0.621. The van der Waals surface area contributed by atoms with Crippen LogP contribution in [0.4, 0.5) is 4.39 Å². The molecule has 2 aromatic rings. The van der Waals surface area contributed by atoms with Crippen LogP contribution in [0.25, 0.3) is 0 Å². The summed E-state index contributed by atoms with van der Waals surface area (Å²) in [5.41, 5.74) is 6.72. The van der Waals surface area contributed by atoms with E-state index in [0.29, 0.717) is 4.90 Å². The number of nitrogens with one attached hydrogen (secondary N) is 1. The highest BCUT2D eigenvalue weighted by Crippen LogP contribution is 2.33. The summed E-state index contributed by atoms with van der Waals surface area (Å²) in [6.07, 6.45) is 0. The lowest BCUT2D eigenvalue weighted by Crippen LogP contribution is -2.14. The Morgan fingerprint density at radius 1 is 1.11 bits per heavy atom. The zero-order valence-electron chi connectivity index (χ0n) is 9.91. The molecule has 0 radical (unpaired) electrons. The smallest absolute Gasteiger partial charge is 0.135 e. The molecule has 2 nitrogen and oxygen atoms in total. The van der Waals surface area contributed by atoms with E-state index in [4.69, 9.17) is 11.1 Å². The third-order valence-corrected chi connectivity index (χ3v) is 3.80. The molecule has 0 aliphatic heterocycles. The van der Waals surface area contributed by atoms with Gasteiger partial charge in [0.15, 0.2) is 0 Å². The number of hydrogen-bond acceptors (Lipinski definition) is 2. The first kappa shape index (κ1) is 12.6. The Labute approximate surface area is 110 Å². The van der Waals surface area contributed by atoms with E-state index >= 15 is 0 Å². The Morgan fingerprint density at radius 3 is 2.44 bits per heavy atom. The minimum atomic E-state index is -0.457. The summed E-state index contributed by atoms with van der Waals surface area (Å²) in [6.45, 7) is 2.00. The zero-order chi connectivity index (χ0) is 13.1. The number of amidine groups is 1. The van der Waals surface area contributed by atoms with Gasteiger partial charge in [-0.2, -0.15) is 0 Å². The van der Waals surface area contributed by atoms with Gasteiger partial charge in [-0.05, 0) is 30.7 Å². The van der Waals surface area contributed by atoms with Crippen molar-refractivity contribution >= 4 is 17.6 Å². The topological polar surface area (TPSA) is 49.9 Å². The number of aryl methyl sites for hydroxylation is 1. The van der Waals surface area contributed by atoms with Gasteiger partial charge >= 0.3 is 0 Å². The Bertz CT molecular complexity index is 596. The molecule has 0 aliphatic carbocycles. The second-order valence-electron chi connectivity index (χ2n) is 3.89. The number of nitrogen functional groups attached to an aromatic ring is 1. The Morgan fingerprint density at radius 2 is 1.78 bits per heavy atom. The van der Waals surface area contributed by atoms with Crippen molar-refractivity contribution in [1.82, 2.24) is 0 Å². The van der Waals surface area contributed by atoms with Gasteiger partial charge in [-0.15, -0.1) is 0 Å². The standard InChI is InChI=1S/C14H13FN2S/c1-9-5-2-3-7-11(9)18-12-8-4-6-10(15)13(12)14(16)17/h2-8H,1H3,(H3,16,17). The summed E-state index contributed by atoms with van der Waals surface area (Å²) in [4.78, 5) is 1.70. The highest BCUT2D eigenvalue weighted by Gasteiger charge is 2.12. The predicted molar refractivity (Wildman–Crippen MR) is 72.7 cm³/mol. The van der Waals surface area contributed by atoms with E-state index < -0.39 is 5.82 Å². The van der Waals surface area contributed by atoms with Gasteiger partial charge in [0, 0.05) is 9.79 Å². The molecule has 0 spiro atoms. The number of nitrogens with two attached hydrogens (primary N) is 1. The highest BCUT2D eigenvalue weighted by atomic mass is 32.2. The van der Waals surface area contributed by atoms with Gasteiger partial charge in [0.05, 0.1) is 5.56 Å². The summed E-state index contributed by atoms with van der Waals surface area (Å²) >= 11 is 1.42. The van der Waals surface area contributed by atoms with E-state index in [-0.39, 0.29) is 11.4 Å². The van der Waals surface area contributed by atoms with Gasteiger partial charge < -0.3 is 5.73 Å². The van der Waals surface area contributed by atoms with Crippen LogP contribution in [-0.4, -0.2) is 5.84 Å². The van der Waals surface area contributed by atoms with Gasteiger partial charge in [0.1, 0.15) is 11.7 Å². The molecular weight excluding hydrogens is 247 g/mol. The predicted octanol–water partition coefficient (Wildman–Crippen LogP) is 3.57. The fourth-order valence-corrected chi connectivity index (χ4v) is 2.71. The van der Waals surface area contributed by atoms with Crippen molar-refractivity contribution in [3.8, 4) is 0 Å². The third kappa shape index (κ3) is 2.54. The molecule has 0 fully saturated rings. The quantitative estimate of drug-likeness (QED) is 0.654. The minimum absolute atomic E-state index is 0.172. The summed E-state index contributed by atoms with van der Waals surface area (Å²) in [5, 5.41) is 7.46. The van der Waals surface area contributed by atoms with Gasteiger partial charge in [0.2, 0.25) is 0 Å². The molecule has 2 rings (SSSR count). The molecule has 0 atom stereocenters. The van der Waals surface area contributed by atoms with E-state index in [9.17, 15) is 4.39 Å². The van der Waals surface area contributed by atoms with E-state index in [2.05, 4.69) is 0 Å². The van der Waals surface area contributed by atoms with Gasteiger partial charge in [-0.3, -0.25) is 5.41 Å². The van der Waals surface area contributed by atoms with Gasteiger partial charge in [0.25, 0.3) is 0 Å². The first-order chi connectivity index (χ1) is 8.59. The number of hydrogen-bond donors (Lipinski definition) is 2. The summed E-state index contributed by atoms with van der Waals surface area (Å²) in [6, 6.07) is 12.6. The number of rotatable bonds is 3. The van der Waals surface area contributed by atoms with Crippen LogP contribution in [0.3, 0.4) is 0 Å². The van der Waals surface area contributed by atoms with Crippen molar-refractivity contribution in [3.05, 3.63) is 59.4 Å².